The number of pyridine rings is 1. The highest BCUT2D eigenvalue weighted by molar-refractivity contribution is 5.85. The van der Waals surface area contributed by atoms with E-state index in [-0.39, 0.29) is 12.4 Å². The van der Waals surface area contributed by atoms with E-state index in [0.29, 0.717) is 5.82 Å². The van der Waals surface area contributed by atoms with E-state index < -0.39 is 0 Å². The standard InChI is InChI=1S/C13H14N2O2.ClH/c1-16-10-6-9(7-11(8-10)17-2)12-4-3-5-13(14)15-12;/h3-8H,1-2H3,(H2,14,15);1H. The molecule has 18 heavy (non-hydrogen) atoms. The van der Waals surface area contributed by atoms with E-state index >= 15 is 0 Å². The fourth-order valence-corrected chi connectivity index (χ4v) is 1.57. The molecule has 2 N–H and O–H groups in total. The number of nitrogens with zero attached hydrogens (tertiary/aromatic N) is 1. The van der Waals surface area contributed by atoms with Gasteiger partial charge in [0.05, 0.1) is 19.9 Å². The van der Waals surface area contributed by atoms with Crippen molar-refractivity contribution in [2.45, 2.75) is 0 Å². The van der Waals surface area contributed by atoms with E-state index in [4.69, 9.17) is 15.2 Å². The van der Waals surface area contributed by atoms with Crippen molar-refractivity contribution in [2.75, 3.05) is 20.0 Å². The number of ether oxygens (including phenoxy) is 2. The number of methoxy groups -OCH3 is 2. The Morgan fingerprint density at radius 2 is 1.61 bits per heavy atom. The third-order valence-corrected chi connectivity index (χ3v) is 2.42. The van der Waals surface area contributed by atoms with E-state index in [1.54, 1.807) is 20.3 Å². The largest absolute Gasteiger partial charge is 0.497 e. The summed E-state index contributed by atoms with van der Waals surface area (Å²) in [6, 6.07) is 11.1. The second-order valence-corrected chi connectivity index (χ2v) is 3.55. The SMILES string of the molecule is COc1cc(OC)cc(-c2cccc(N)n2)c1.Cl. The molecule has 96 valence electrons. The molecule has 0 aliphatic carbocycles. The molecule has 4 nitrogen and oxygen atoms in total. The number of hydrogen-bond donors (Lipinski definition) is 1. The van der Waals surface area contributed by atoms with Crippen LogP contribution in [0.3, 0.4) is 0 Å². The van der Waals surface area contributed by atoms with Gasteiger partial charge in [-0.25, -0.2) is 4.98 Å². The van der Waals surface area contributed by atoms with Crippen LogP contribution in [0.1, 0.15) is 0 Å². The molecule has 0 fully saturated rings. The maximum atomic E-state index is 5.66. The van der Waals surface area contributed by atoms with Gasteiger partial charge in [0.15, 0.2) is 0 Å². The normalized spacial score (nSPS) is 9.44. The van der Waals surface area contributed by atoms with Gasteiger partial charge in [-0.1, -0.05) is 6.07 Å². The number of aromatic nitrogens is 1. The maximum Gasteiger partial charge on any atom is 0.124 e. The first-order chi connectivity index (χ1) is 8.22. The average molecular weight is 267 g/mol. The monoisotopic (exact) mass is 266 g/mol. The third kappa shape index (κ3) is 3.05. The van der Waals surface area contributed by atoms with Crippen molar-refractivity contribution >= 4 is 18.2 Å². The Kier molecular flexibility index (Phi) is 4.80. The summed E-state index contributed by atoms with van der Waals surface area (Å²) in [5, 5.41) is 0. The van der Waals surface area contributed by atoms with Crippen LogP contribution in [0.25, 0.3) is 11.3 Å². The van der Waals surface area contributed by atoms with Gasteiger partial charge in [0.2, 0.25) is 0 Å². The minimum absolute atomic E-state index is 0. The van der Waals surface area contributed by atoms with Gasteiger partial charge in [-0.2, -0.15) is 0 Å². The van der Waals surface area contributed by atoms with Crippen LogP contribution in [0, 0.1) is 0 Å². The number of anilines is 1. The Morgan fingerprint density at radius 3 is 2.11 bits per heavy atom. The molecule has 0 saturated heterocycles. The molecule has 0 amide bonds. The topological polar surface area (TPSA) is 57.4 Å². The molecule has 5 heteroatoms. The summed E-state index contributed by atoms with van der Waals surface area (Å²) in [6.07, 6.45) is 0. The molecule has 0 saturated carbocycles. The van der Waals surface area contributed by atoms with Gasteiger partial charge in [0.1, 0.15) is 17.3 Å². The third-order valence-electron chi connectivity index (χ3n) is 2.42. The highest BCUT2D eigenvalue weighted by Gasteiger charge is 2.05. The lowest BCUT2D eigenvalue weighted by Crippen LogP contribution is -1.93. The second-order valence-electron chi connectivity index (χ2n) is 3.55. The molecule has 2 aromatic rings. The Hall–Kier alpha value is -1.94. The number of rotatable bonds is 3. The molecule has 0 unspecified atom stereocenters. The van der Waals surface area contributed by atoms with Gasteiger partial charge >= 0.3 is 0 Å². The van der Waals surface area contributed by atoms with Crippen molar-refractivity contribution < 1.29 is 9.47 Å². The van der Waals surface area contributed by atoms with E-state index in [2.05, 4.69) is 4.98 Å². The van der Waals surface area contributed by atoms with Crippen LogP contribution < -0.4 is 15.2 Å². The highest BCUT2D eigenvalue weighted by atomic mass is 35.5. The zero-order valence-electron chi connectivity index (χ0n) is 10.2. The second kappa shape index (κ2) is 6.12. The molecule has 0 radical (unpaired) electrons. The number of nitrogens with two attached hydrogens (primary N) is 1. The van der Waals surface area contributed by atoms with Crippen molar-refractivity contribution in [3.8, 4) is 22.8 Å². The van der Waals surface area contributed by atoms with Gasteiger partial charge in [-0.05, 0) is 24.3 Å². The van der Waals surface area contributed by atoms with E-state index in [0.717, 1.165) is 22.8 Å². The first-order valence-corrected chi connectivity index (χ1v) is 5.19. The zero-order chi connectivity index (χ0) is 12.3. The van der Waals surface area contributed by atoms with Crippen molar-refractivity contribution in [1.29, 1.82) is 0 Å². The molecular formula is C13H15ClN2O2. The molecule has 0 aliphatic heterocycles. The summed E-state index contributed by atoms with van der Waals surface area (Å²) in [5.41, 5.74) is 7.37. The molecular weight excluding hydrogens is 252 g/mol. The number of benzene rings is 1. The van der Waals surface area contributed by atoms with Crippen LogP contribution >= 0.6 is 12.4 Å². The molecule has 0 atom stereocenters. The van der Waals surface area contributed by atoms with Crippen molar-refractivity contribution in [1.82, 2.24) is 4.98 Å². The van der Waals surface area contributed by atoms with Crippen molar-refractivity contribution in [3.63, 3.8) is 0 Å². The fourth-order valence-electron chi connectivity index (χ4n) is 1.57. The number of halogens is 1. The quantitative estimate of drug-likeness (QED) is 0.928. The zero-order valence-corrected chi connectivity index (χ0v) is 11.0. The maximum absolute atomic E-state index is 5.66. The Balaban J connectivity index is 0.00000162. The molecule has 1 heterocycles. The van der Waals surface area contributed by atoms with E-state index in [1.807, 2.05) is 30.3 Å². The van der Waals surface area contributed by atoms with E-state index in [9.17, 15) is 0 Å². The smallest absolute Gasteiger partial charge is 0.124 e. The van der Waals surface area contributed by atoms with Crippen LogP contribution in [0.2, 0.25) is 0 Å². The van der Waals surface area contributed by atoms with Gasteiger partial charge < -0.3 is 15.2 Å². The highest BCUT2D eigenvalue weighted by Crippen LogP contribution is 2.28. The lowest BCUT2D eigenvalue weighted by Gasteiger charge is -2.08. The van der Waals surface area contributed by atoms with Gasteiger partial charge in [0, 0.05) is 11.6 Å². The molecule has 1 aromatic carbocycles. The van der Waals surface area contributed by atoms with Crippen LogP contribution in [0.5, 0.6) is 11.5 Å². The van der Waals surface area contributed by atoms with Crippen LogP contribution in [0.4, 0.5) is 5.82 Å². The molecule has 0 bridgehead atoms. The van der Waals surface area contributed by atoms with Gasteiger partial charge in [0.25, 0.3) is 0 Å². The van der Waals surface area contributed by atoms with E-state index in [1.165, 1.54) is 0 Å². The lowest BCUT2D eigenvalue weighted by atomic mass is 10.1. The predicted octanol–water partition coefficient (Wildman–Crippen LogP) is 2.77. The summed E-state index contributed by atoms with van der Waals surface area (Å²) in [6.45, 7) is 0. The first-order valence-electron chi connectivity index (χ1n) is 5.19. The molecule has 1 aromatic heterocycles. The predicted molar refractivity (Wildman–Crippen MR) is 74.4 cm³/mol. The summed E-state index contributed by atoms with van der Waals surface area (Å²) in [5.74, 6) is 1.94. The Bertz CT molecular complexity index is 510. The fraction of sp³-hybridized carbons (Fsp3) is 0.154. The summed E-state index contributed by atoms with van der Waals surface area (Å²) in [4.78, 5) is 4.26. The lowest BCUT2D eigenvalue weighted by molar-refractivity contribution is 0.394. The van der Waals surface area contributed by atoms with Crippen LogP contribution in [-0.4, -0.2) is 19.2 Å². The number of nitrogen functional groups attached to an aromatic ring is 1. The summed E-state index contributed by atoms with van der Waals surface area (Å²) < 4.78 is 10.4. The number of hydrogen-bond acceptors (Lipinski definition) is 4. The molecule has 2 rings (SSSR count). The first kappa shape index (κ1) is 14.1. The van der Waals surface area contributed by atoms with Crippen LogP contribution in [-0.2, 0) is 0 Å². The van der Waals surface area contributed by atoms with Gasteiger partial charge in [-0.3, -0.25) is 0 Å². The molecule has 0 spiro atoms. The van der Waals surface area contributed by atoms with Crippen molar-refractivity contribution in [2.24, 2.45) is 0 Å². The molecule has 0 aliphatic rings. The average Bonchev–Trinajstić information content (AvgIpc) is 2.38. The van der Waals surface area contributed by atoms with Crippen LogP contribution in [0.15, 0.2) is 36.4 Å². The minimum Gasteiger partial charge on any atom is -0.497 e. The van der Waals surface area contributed by atoms with Crippen molar-refractivity contribution in [3.05, 3.63) is 36.4 Å². The Labute approximate surface area is 112 Å². The Morgan fingerprint density at radius 1 is 1.00 bits per heavy atom. The summed E-state index contributed by atoms with van der Waals surface area (Å²) in [7, 11) is 3.23. The minimum atomic E-state index is 0. The summed E-state index contributed by atoms with van der Waals surface area (Å²) >= 11 is 0. The van der Waals surface area contributed by atoms with Gasteiger partial charge in [-0.15, -0.1) is 12.4 Å².